The molecule has 1 amide bonds. The smallest absolute Gasteiger partial charge is 0.258 e. The van der Waals surface area contributed by atoms with Crippen LogP contribution in [0.3, 0.4) is 0 Å². The van der Waals surface area contributed by atoms with E-state index in [4.69, 9.17) is 11.6 Å². The fraction of sp³-hybridized carbons (Fsp3) is 0.250. The molecular weight excluding hydrogens is 476 g/mol. The number of nitrogens with zero attached hydrogens (tertiary/aromatic N) is 3. The minimum Gasteiger partial charge on any atom is -0.331 e. The number of benzene rings is 2. The zero-order valence-electron chi connectivity index (χ0n) is 18.3. The molecule has 0 saturated carbocycles. The van der Waals surface area contributed by atoms with Gasteiger partial charge in [0.15, 0.2) is 0 Å². The number of rotatable bonds is 8. The maximum atomic E-state index is 13.2. The second-order valence-corrected chi connectivity index (χ2v) is 10.2. The van der Waals surface area contributed by atoms with Gasteiger partial charge in [-0.3, -0.25) is 9.59 Å². The number of nitrogens with one attached hydrogen (secondary N) is 1. The fourth-order valence-corrected chi connectivity index (χ4v) is 5.38. The molecule has 9 heteroatoms. The quantitative estimate of drug-likeness (QED) is 0.316. The molecule has 33 heavy (non-hydrogen) atoms. The van der Waals surface area contributed by atoms with Crippen molar-refractivity contribution in [1.82, 2.24) is 19.9 Å². The zero-order chi connectivity index (χ0) is 23.4. The average molecular weight is 499 g/mol. The van der Waals surface area contributed by atoms with Gasteiger partial charge in [-0.1, -0.05) is 42.4 Å². The molecule has 0 radical (unpaired) electrons. The molecule has 0 spiro atoms. The zero-order valence-corrected chi connectivity index (χ0v) is 20.7. The highest BCUT2D eigenvalue weighted by atomic mass is 35.5. The van der Waals surface area contributed by atoms with E-state index in [1.54, 1.807) is 46.2 Å². The third kappa shape index (κ3) is 5.82. The van der Waals surface area contributed by atoms with Crippen LogP contribution >= 0.6 is 34.7 Å². The first-order valence-corrected chi connectivity index (χ1v) is 12.8. The summed E-state index contributed by atoms with van der Waals surface area (Å²) in [5.41, 5.74) is 3.04. The Bertz CT molecular complexity index is 1330. The van der Waals surface area contributed by atoms with Crippen LogP contribution in [0.2, 0.25) is 5.02 Å². The summed E-state index contributed by atoms with van der Waals surface area (Å²) in [6, 6.07) is 12.6. The van der Waals surface area contributed by atoms with Gasteiger partial charge in [0.25, 0.3) is 11.5 Å². The molecule has 0 aliphatic heterocycles. The fourth-order valence-electron chi connectivity index (χ4n) is 3.41. The normalized spacial score (nSPS) is 11.1. The number of amides is 1. The molecule has 0 aliphatic rings. The Balaban J connectivity index is 1.48. The van der Waals surface area contributed by atoms with Gasteiger partial charge in [-0.25, -0.2) is 9.97 Å². The molecule has 1 N–H and O–H groups in total. The van der Waals surface area contributed by atoms with Gasteiger partial charge < -0.3 is 9.88 Å². The van der Waals surface area contributed by atoms with E-state index in [2.05, 4.69) is 15.0 Å². The van der Waals surface area contributed by atoms with Crippen LogP contribution in [-0.4, -0.2) is 32.3 Å². The Kier molecular flexibility index (Phi) is 7.47. The summed E-state index contributed by atoms with van der Waals surface area (Å²) in [5.74, 6) is 1.13. The van der Waals surface area contributed by atoms with Crippen molar-refractivity contribution in [3.63, 3.8) is 0 Å². The molecule has 4 rings (SSSR count). The van der Waals surface area contributed by atoms with E-state index >= 15 is 0 Å². The van der Waals surface area contributed by atoms with E-state index in [1.807, 2.05) is 43.5 Å². The number of thioether (sulfide) groups is 1. The molecule has 0 fully saturated rings. The Morgan fingerprint density at radius 3 is 2.67 bits per heavy atom. The highest BCUT2D eigenvalue weighted by Gasteiger charge is 2.17. The highest BCUT2D eigenvalue weighted by Crippen LogP contribution is 2.26. The van der Waals surface area contributed by atoms with Crippen LogP contribution in [0.4, 0.5) is 0 Å². The van der Waals surface area contributed by atoms with Crippen molar-refractivity contribution in [2.24, 2.45) is 0 Å². The molecule has 0 unspecified atom stereocenters. The number of hydrogen-bond acceptors (Lipinski definition) is 6. The van der Waals surface area contributed by atoms with Crippen molar-refractivity contribution in [2.45, 2.75) is 36.9 Å². The molecule has 4 aromatic rings. The van der Waals surface area contributed by atoms with Crippen molar-refractivity contribution in [2.75, 3.05) is 6.54 Å². The van der Waals surface area contributed by atoms with Crippen molar-refractivity contribution in [3.05, 3.63) is 85.9 Å². The topological polar surface area (TPSA) is 79.0 Å². The summed E-state index contributed by atoms with van der Waals surface area (Å²) in [6.07, 6.45) is 0.789. The predicted molar refractivity (Wildman–Crippen MR) is 135 cm³/mol. The second kappa shape index (κ2) is 10.5. The van der Waals surface area contributed by atoms with Crippen LogP contribution in [0.5, 0.6) is 0 Å². The summed E-state index contributed by atoms with van der Waals surface area (Å²) < 4.78 is 1.04. The summed E-state index contributed by atoms with van der Waals surface area (Å²) >= 11 is 9.39. The summed E-state index contributed by atoms with van der Waals surface area (Å²) in [6.45, 7) is 4.76. The molecule has 6 nitrogen and oxygen atoms in total. The van der Waals surface area contributed by atoms with E-state index in [0.717, 1.165) is 27.8 Å². The van der Waals surface area contributed by atoms with Gasteiger partial charge in [-0.2, -0.15) is 0 Å². The molecule has 0 atom stereocenters. The monoisotopic (exact) mass is 498 g/mol. The molecule has 0 aliphatic carbocycles. The lowest BCUT2D eigenvalue weighted by Gasteiger charge is -2.22. The van der Waals surface area contributed by atoms with Crippen molar-refractivity contribution >= 4 is 51.5 Å². The van der Waals surface area contributed by atoms with Gasteiger partial charge in [0.1, 0.15) is 10.2 Å². The highest BCUT2D eigenvalue weighted by molar-refractivity contribution is 8.00. The summed E-state index contributed by atoms with van der Waals surface area (Å²) in [5, 5.41) is 3.02. The van der Waals surface area contributed by atoms with Crippen molar-refractivity contribution in [1.29, 1.82) is 0 Å². The third-order valence-electron chi connectivity index (χ3n) is 5.00. The van der Waals surface area contributed by atoms with E-state index in [-0.39, 0.29) is 18.0 Å². The number of thiazole rings is 1. The number of carbonyl (C=O) groups excluding carboxylic acids is 1. The number of hydrogen-bond donors (Lipinski definition) is 1. The van der Waals surface area contributed by atoms with E-state index in [9.17, 15) is 9.59 Å². The van der Waals surface area contributed by atoms with E-state index in [0.29, 0.717) is 33.9 Å². The van der Waals surface area contributed by atoms with E-state index in [1.165, 1.54) is 0 Å². The van der Waals surface area contributed by atoms with Gasteiger partial charge >= 0.3 is 0 Å². The Morgan fingerprint density at radius 1 is 1.18 bits per heavy atom. The minimum atomic E-state index is -0.243. The Hall–Kier alpha value is -2.68. The predicted octanol–water partition coefficient (Wildman–Crippen LogP) is 5.69. The maximum Gasteiger partial charge on any atom is 0.258 e. The third-order valence-corrected chi connectivity index (χ3v) is 7.45. The van der Waals surface area contributed by atoms with Gasteiger partial charge in [0, 0.05) is 34.0 Å². The Morgan fingerprint density at radius 2 is 1.97 bits per heavy atom. The first-order valence-electron chi connectivity index (χ1n) is 10.5. The maximum absolute atomic E-state index is 13.2. The lowest BCUT2D eigenvalue weighted by molar-refractivity contribution is 0.0739. The molecule has 0 bridgehead atoms. The molecule has 2 heterocycles. The molecular formula is C24H23ClN4O2S2. The Labute approximate surface area is 205 Å². The number of fused-ring (bicyclic) bond motifs is 1. The van der Waals surface area contributed by atoms with Crippen LogP contribution in [0, 0.1) is 6.92 Å². The largest absolute Gasteiger partial charge is 0.331 e. The summed E-state index contributed by atoms with van der Waals surface area (Å²) in [7, 11) is 0. The average Bonchev–Trinajstić information content (AvgIpc) is 3.22. The SMILES string of the molecule is CCCN(Cc1nc2cc(Cl)ccc2c(=O)[nH]1)C(=O)c1ccc(CSc2nc(C)cs2)cc1. The molecule has 2 aromatic heterocycles. The first-order chi connectivity index (χ1) is 15.9. The number of aromatic nitrogens is 3. The number of aromatic amines is 1. The van der Waals surface area contributed by atoms with Gasteiger partial charge in [0.2, 0.25) is 0 Å². The molecule has 0 saturated heterocycles. The first kappa shape index (κ1) is 23.5. The minimum absolute atomic E-state index is 0.0968. The van der Waals surface area contributed by atoms with Crippen molar-refractivity contribution < 1.29 is 4.79 Å². The van der Waals surface area contributed by atoms with Crippen LogP contribution in [0.1, 0.15) is 40.8 Å². The van der Waals surface area contributed by atoms with Crippen LogP contribution in [-0.2, 0) is 12.3 Å². The lowest BCUT2D eigenvalue weighted by atomic mass is 10.1. The molecule has 2 aromatic carbocycles. The number of H-pyrrole nitrogens is 1. The van der Waals surface area contributed by atoms with Gasteiger partial charge in [0.05, 0.1) is 17.4 Å². The second-order valence-electron chi connectivity index (χ2n) is 7.64. The van der Waals surface area contributed by atoms with Crippen molar-refractivity contribution in [3.8, 4) is 0 Å². The van der Waals surface area contributed by atoms with Crippen LogP contribution < -0.4 is 5.56 Å². The van der Waals surface area contributed by atoms with Crippen LogP contribution in [0.15, 0.2) is 57.0 Å². The summed E-state index contributed by atoms with van der Waals surface area (Å²) in [4.78, 5) is 39.1. The number of aryl methyl sites for hydroxylation is 1. The number of carbonyl (C=O) groups is 1. The van der Waals surface area contributed by atoms with E-state index < -0.39 is 0 Å². The number of halogens is 1. The van der Waals surface area contributed by atoms with Gasteiger partial charge in [-0.05, 0) is 49.2 Å². The standard InChI is InChI=1S/C24H23ClN4O2S2/c1-3-10-29(12-21-27-20-11-18(25)8-9-19(20)22(30)28-21)23(31)17-6-4-16(5-7-17)14-33-24-26-15(2)13-32-24/h4-9,11,13H,3,10,12,14H2,1-2H3,(H,27,28,30). The van der Waals surface area contributed by atoms with Gasteiger partial charge in [-0.15, -0.1) is 11.3 Å². The molecule has 170 valence electrons. The lowest BCUT2D eigenvalue weighted by Crippen LogP contribution is -2.32. The van der Waals surface area contributed by atoms with Crippen LogP contribution in [0.25, 0.3) is 10.9 Å².